The van der Waals surface area contributed by atoms with Crippen molar-refractivity contribution in [1.29, 1.82) is 0 Å². The fourth-order valence-electron chi connectivity index (χ4n) is 3.12. The van der Waals surface area contributed by atoms with E-state index in [9.17, 15) is 0 Å². The molecule has 0 spiro atoms. The van der Waals surface area contributed by atoms with Gasteiger partial charge in [0.15, 0.2) is 0 Å². The van der Waals surface area contributed by atoms with Crippen molar-refractivity contribution in [3.8, 4) is 0 Å². The summed E-state index contributed by atoms with van der Waals surface area (Å²) in [4.78, 5) is 4.44. The quantitative estimate of drug-likeness (QED) is 0.336. The molecule has 0 unspecified atom stereocenters. The maximum atomic E-state index is 4.44. The number of nitrogens with zero attached hydrogens (tertiary/aromatic N) is 2. The van der Waals surface area contributed by atoms with Crippen LogP contribution < -0.4 is 0 Å². The van der Waals surface area contributed by atoms with Crippen LogP contribution in [0, 0.1) is 0 Å². The molecule has 1 heterocycles. The normalized spacial score (nSPS) is 11.2. The molecule has 0 atom stereocenters. The maximum absolute atomic E-state index is 4.44. The van der Waals surface area contributed by atoms with Crippen molar-refractivity contribution in [3.05, 3.63) is 18.2 Å². The van der Waals surface area contributed by atoms with E-state index in [2.05, 4.69) is 29.6 Å². The van der Waals surface area contributed by atoms with Crippen molar-refractivity contribution in [2.45, 2.75) is 110 Å². The number of aryl methyl sites for hydroxylation is 2. The molecule has 128 valence electrons. The second-order valence-corrected chi connectivity index (χ2v) is 6.68. The number of hydrogen-bond donors (Lipinski definition) is 0. The molecule has 1 aromatic heterocycles. The van der Waals surface area contributed by atoms with Gasteiger partial charge in [0.2, 0.25) is 0 Å². The first-order chi connectivity index (χ1) is 10.9. The SMILES string of the molecule is CCCCCCCCCCCCCCn1ccnc1CCC. The number of imidazole rings is 1. The predicted octanol–water partition coefficient (Wildman–Crippen LogP) is 6.54. The van der Waals surface area contributed by atoms with Gasteiger partial charge in [-0.1, -0.05) is 84.5 Å². The lowest BCUT2D eigenvalue weighted by Gasteiger charge is -2.07. The molecule has 0 saturated heterocycles. The Balaban J connectivity index is 1.86. The average Bonchev–Trinajstić information content (AvgIpc) is 2.96. The van der Waals surface area contributed by atoms with Crippen molar-refractivity contribution in [3.63, 3.8) is 0 Å². The summed E-state index contributed by atoms with van der Waals surface area (Å²) in [5, 5.41) is 0. The van der Waals surface area contributed by atoms with E-state index in [1.807, 2.05) is 6.20 Å². The topological polar surface area (TPSA) is 17.8 Å². The van der Waals surface area contributed by atoms with Crippen molar-refractivity contribution >= 4 is 0 Å². The van der Waals surface area contributed by atoms with Crippen LogP contribution >= 0.6 is 0 Å². The summed E-state index contributed by atoms with van der Waals surface area (Å²) in [7, 11) is 0. The summed E-state index contributed by atoms with van der Waals surface area (Å²) in [5.41, 5.74) is 0. The van der Waals surface area contributed by atoms with Gasteiger partial charge in [-0.15, -0.1) is 0 Å². The van der Waals surface area contributed by atoms with Gasteiger partial charge >= 0.3 is 0 Å². The highest BCUT2D eigenvalue weighted by Gasteiger charge is 2.00. The van der Waals surface area contributed by atoms with Crippen LogP contribution in [0.3, 0.4) is 0 Å². The Labute approximate surface area is 138 Å². The van der Waals surface area contributed by atoms with Gasteiger partial charge in [0, 0.05) is 25.4 Å². The van der Waals surface area contributed by atoms with Gasteiger partial charge in [0.25, 0.3) is 0 Å². The molecule has 0 radical (unpaired) electrons. The van der Waals surface area contributed by atoms with Crippen LogP contribution in [0.4, 0.5) is 0 Å². The van der Waals surface area contributed by atoms with Crippen LogP contribution in [0.5, 0.6) is 0 Å². The van der Waals surface area contributed by atoms with Crippen molar-refractivity contribution in [1.82, 2.24) is 9.55 Å². The summed E-state index contributed by atoms with van der Waals surface area (Å²) >= 11 is 0. The molecule has 0 saturated carbocycles. The molecule has 2 heteroatoms. The highest BCUT2D eigenvalue weighted by Crippen LogP contribution is 2.12. The molecule has 0 N–H and O–H groups in total. The minimum atomic E-state index is 1.12. The number of rotatable bonds is 15. The zero-order chi connectivity index (χ0) is 15.9. The molecule has 0 aliphatic rings. The standard InChI is InChI=1S/C20H38N2/c1-3-5-6-7-8-9-10-11-12-13-14-15-18-22-19-17-21-20(22)16-4-2/h17,19H,3-16,18H2,1-2H3. The third kappa shape index (κ3) is 9.27. The largest absolute Gasteiger partial charge is 0.335 e. The molecule has 0 fully saturated rings. The molecular weight excluding hydrogens is 268 g/mol. The average molecular weight is 307 g/mol. The summed E-state index contributed by atoms with van der Waals surface area (Å²) in [6.07, 6.45) is 23.4. The first-order valence-corrected chi connectivity index (χ1v) is 9.88. The fourth-order valence-corrected chi connectivity index (χ4v) is 3.12. The van der Waals surface area contributed by atoms with E-state index in [1.54, 1.807) is 0 Å². The van der Waals surface area contributed by atoms with Crippen molar-refractivity contribution in [2.24, 2.45) is 0 Å². The van der Waals surface area contributed by atoms with Gasteiger partial charge in [-0.05, 0) is 12.8 Å². The Hall–Kier alpha value is -0.790. The Kier molecular flexibility index (Phi) is 12.1. The second-order valence-electron chi connectivity index (χ2n) is 6.68. The molecule has 1 aromatic rings. The molecule has 0 amide bonds. The fraction of sp³-hybridized carbons (Fsp3) is 0.850. The van der Waals surface area contributed by atoms with E-state index < -0.39 is 0 Å². The Bertz CT molecular complexity index is 343. The highest BCUT2D eigenvalue weighted by atomic mass is 15.1. The van der Waals surface area contributed by atoms with Gasteiger partial charge in [-0.3, -0.25) is 0 Å². The van der Waals surface area contributed by atoms with Crippen LogP contribution in [-0.4, -0.2) is 9.55 Å². The smallest absolute Gasteiger partial charge is 0.108 e. The van der Waals surface area contributed by atoms with E-state index in [4.69, 9.17) is 0 Å². The van der Waals surface area contributed by atoms with Crippen LogP contribution in [0.15, 0.2) is 12.4 Å². The zero-order valence-electron chi connectivity index (χ0n) is 15.2. The van der Waals surface area contributed by atoms with E-state index in [0.717, 1.165) is 13.0 Å². The first-order valence-electron chi connectivity index (χ1n) is 9.88. The summed E-state index contributed by atoms with van der Waals surface area (Å²) < 4.78 is 2.35. The van der Waals surface area contributed by atoms with Crippen molar-refractivity contribution < 1.29 is 0 Å². The zero-order valence-corrected chi connectivity index (χ0v) is 15.2. The highest BCUT2D eigenvalue weighted by molar-refractivity contribution is 4.92. The van der Waals surface area contributed by atoms with Crippen LogP contribution in [0.1, 0.15) is 103 Å². The van der Waals surface area contributed by atoms with Gasteiger partial charge in [0.05, 0.1) is 0 Å². The van der Waals surface area contributed by atoms with Gasteiger partial charge in [-0.2, -0.15) is 0 Å². The Morgan fingerprint density at radius 2 is 1.27 bits per heavy atom. The lowest BCUT2D eigenvalue weighted by molar-refractivity contribution is 0.522. The van der Waals surface area contributed by atoms with Crippen LogP contribution in [-0.2, 0) is 13.0 Å². The molecule has 0 aliphatic carbocycles. The van der Waals surface area contributed by atoms with Gasteiger partial charge < -0.3 is 4.57 Å². The van der Waals surface area contributed by atoms with Gasteiger partial charge in [0.1, 0.15) is 5.82 Å². The monoisotopic (exact) mass is 306 g/mol. The van der Waals surface area contributed by atoms with E-state index in [1.165, 1.54) is 89.3 Å². The van der Waals surface area contributed by atoms with Crippen LogP contribution in [0.25, 0.3) is 0 Å². The Morgan fingerprint density at radius 1 is 0.727 bits per heavy atom. The molecule has 0 aliphatic heterocycles. The number of hydrogen-bond acceptors (Lipinski definition) is 1. The summed E-state index contributed by atoms with van der Waals surface area (Å²) in [5.74, 6) is 1.27. The Morgan fingerprint density at radius 3 is 1.82 bits per heavy atom. The van der Waals surface area contributed by atoms with E-state index in [0.29, 0.717) is 0 Å². The lowest BCUT2D eigenvalue weighted by atomic mass is 10.1. The van der Waals surface area contributed by atoms with E-state index in [-0.39, 0.29) is 0 Å². The second kappa shape index (κ2) is 13.8. The van der Waals surface area contributed by atoms with E-state index >= 15 is 0 Å². The maximum Gasteiger partial charge on any atom is 0.108 e. The first kappa shape index (κ1) is 19.3. The molecule has 0 aromatic carbocycles. The molecule has 22 heavy (non-hydrogen) atoms. The minimum Gasteiger partial charge on any atom is -0.335 e. The molecule has 1 rings (SSSR count). The lowest BCUT2D eigenvalue weighted by Crippen LogP contribution is -2.03. The minimum absolute atomic E-state index is 1.12. The summed E-state index contributed by atoms with van der Waals surface area (Å²) in [6.45, 7) is 5.67. The molecule has 2 nitrogen and oxygen atoms in total. The predicted molar refractivity (Wildman–Crippen MR) is 97.3 cm³/mol. The van der Waals surface area contributed by atoms with Gasteiger partial charge in [-0.25, -0.2) is 4.98 Å². The molecule has 0 bridgehead atoms. The van der Waals surface area contributed by atoms with Crippen LogP contribution in [0.2, 0.25) is 0 Å². The third-order valence-electron chi connectivity index (χ3n) is 4.53. The van der Waals surface area contributed by atoms with Crippen molar-refractivity contribution in [2.75, 3.05) is 0 Å². The summed E-state index contributed by atoms with van der Waals surface area (Å²) in [6, 6.07) is 0. The molecular formula is C20H38N2. The third-order valence-corrected chi connectivity index (χ3v) is 4.53. The number of aromatic nitrogens is 2. The number of unbranched alkanes of at least 4 members (excludes halogenated alkanes) is 11.